The molecule has 0 spiro atoms. The number of aliphatic carboxylic acids is 1. The fourth-order valence-corrected chi connectivity index (χ4v) is 3.25. The lowest BCUT2D eigenvalue weighted by Crippen LogP contribution is -2.50. The van der Waals surface area contributed by atoms with Crippen LogP contribution in [0.25, 0.3) is 0 Å². The van der Waals surface area contributed by atoms with E-state index in [0.29, 0.717) is 28.6 Å². The van der Waals surface area contributed by atoms with Crippen LogP contribution in [0.15, 0.2) is 18.2 Å². The molecule has 0 radical (unpaired) electrons. The molecule has 2 rings (SSSR count). The molecule has 1 aliphatic heterocycles. The van der Waals surface area contributed by atoms with Crippen molar-refractivity contribution in [1.82, 2.24) is 4.90 Å². The minimum Gasteiger partial charge on any atom is -0.496 e. The number of carboxylic acid groups (broad SMARTS) is 1. The van der Waals surface area contributed by atoms with E-state index >= 15 is 0 Å². The number of rotatable bonds is 3. The van der Waals surface area contributed by atoms with Gasteiger partial charge < -0.3 is 14.7 Å². The molecule has 1 amide bonds. The number of carboxylic acids is 1. The summed E-state index contributed by atoms with van der Waals surface area (Å²) in [6, 6.07) is 3.89. The van der Waals surface area contributed by atoms with Gasteiger partial charge in [0.05, 0.1) is 12.7 Å². The topological polar surface area (TPSA) is 66.8 Å². The number of thioether (sulfide) groups is 1. The van der Waals surface area contributed by atoms with Gasteiger partial charge in [0.1, 0.15) is 11.8 Å². The highest BCUT2D eigenvalue weighted by Crippen LogP contribution is 2.27. The molecule has 1 atom stereocenters. The van der Waals surface area contributed by atoms with Crippen LogP contribution in [0.4, 0.5) is 0 Å². The first kappa shape index (κ1) is 15.0. The van der Waals surface area contributed by atoms with Crippen LogP contribution in [0.5, 0.6) is 5.75 Å². The summed E-state index contributed by atoms with van der Waals surface area (Å²) in [7, 11) is 1.45. The highest BCUT2D eigenvalue weighted by atomic mass is 35.5. The Labute approximate surface area is 125 Å². The van der Waals surface area contributed by atoms with Gasteiger partial charge in [-0.25, -0.2) is 4.79 Å². The second-order valence-electron chi connectivity index (χ2n) is 4.27. The van der Waals surface area contributed by atoms with Crippen molar-refractivity contribution in [2.75, 3.05) is 25.2 Å². The number of hydrogen-bond acceptors (Lipinski definition) is 4. The minimum absolute atomic E-state index is 0.329. The van der Waals surface area contributed by atoms with Gasteiger partial charge in [-0.3, -0.25) is 4.79 Å². The van der Waals surface area contributed by atoms with Gasteiger partial charge in [0.2, 0.25) is 0 Å². The summed E-state index contributed by atoms with van der Waals surface area (Å²) in [5, 5.41) is 9.68. The monoisotopic (exact) mass is 315 g/mol. The quantitative estimate of drug-likeness (QED) is 0.924. The number of benzene rings is 1. The molecule has 0 saturated carbocycles. The fraction of sp³-hybridized carbons (Fsp3) is 0.385. The number of ether oxygens (including phenoxy) is 1. The number of amides is 1. The summed E-state index contributed by atoms with van der Waals surface area (Å²) in [6.45, 7) is 0.409. The molecular formula is C13H14ClNO4S. The normalized spacial score (nSPS) is 18.7. The van der Waals surface area contributed by atoms with Gasteiger partial charge in [-0.2, -0.15) is 11.8 Å². The maximum Gasteiger partial charge on any atom is 0.327 e. The van der Waals surface area contributed by atoms with Crippen molar-refractivity contribution in [1.29, 1.82) is 0 Å². The third kappa shape index (κ3) is 3.02. The SMILES string of the molecule is COc1cc(Cl)ccc1C(=O)N1CCSCC1C(=O)O. The van der Waals surface area contributed by atoms with Crippen LogP contribution in [-0.2, 0) is 4.79 Å². The molecule has 108 valence electrons. The van der Waals surface area contributed by atoms with Crippen LogP contribution < -0.4 is 4.74 Å². The Morgan fingerprint density at radius 3 is 2.90 bits per heavy atom. The fourth-order valence-electron chi connectivity index (χ4n) is 2.05. The van der Waals surface area contributed by atoms with Crippen LogP contribution in [0.2, 0.25) is 5.02 Å². The summed E-state index contributed by atoms with van der Waals surface area (Å²) in [5.41, 5.74) is 0.329. The Morgan fingerprint density at radius 2 is 2.25 bits per heavy atom. The van der Waals surface area contributed by atoms with E-state index in [-0.39, 0.29) is 5.91 Å². The maximum absolute atomic E-state index is 12.5. The van der Waals surface area contributed by atoms with Gasteiger partial charge in [-0.1, -0.05) is 11.6 Å². The molecule has 0 aliphatic carbocycles. The number of halogens is 1. The lowest BCUT2D eigenvalue weighted by Gasteiger charge is -2.32. The van der Waals surface area contributed by atoms with Crippen molar-refractivity contribution in [3.05, 3.63) is 28.8 Å². The number of hydrogen-bond donors (Lipinski definition) is 1. The van der Waals surface area contributed by atoms with E-state index in [9.17, 15) is 14.7 Å². The molecule has 1 aromatic carbocycles. The Bertz CT molecular complexity index is 537. The van der Waals surface area contributed by atoms with Crippen LogP contribution in [0.1, 0.15) is 10.4 Å². The van der Waals surface area contributed by atoms with Crippen LogP contribution in [0.3, 0.4) is 0 Å². The van der Waals surface area contributed by atoms with Crippen molar-refractivity contribution < 1.29 is 19.4 Å². The number of nitrogens with zero attached hydrogens (tertiary/aromatic N) is 1. The highest BCUT2D eigenvalue weighted by molar-refractivity contribution is 7.99. The zero-order valence-corrected chi connectivity index (χ0v) is 12.4. The molecule has 1 heterocycles. The first-order valence-electron chi connectivity index (χ1n) is 5.99. The van der Waals surface area contributed by atoms with Crippen molar-refractivity contribution in [3.8, 4) is 5.75 Å². The Hall–Kier alpha value is -1.40. The Balaban J connectivity index is 2.32. The molecule has 1 unspecified atom stereocenters. The standard InChI is InChI=1S/C13H14ClNO4S/c1-19-11-6-8(14)2-3-9(11)12(16)15-4-5-20-7-10(15)13(17)18/h2-3,6,10H,4-5,7H2,1H3,(H,17,18). The zero-order chi connectivity index (χ0) is 14.7. The summed E-state index contributed by atoms with van der Waals surface area (Å²) in [4.78, 5) is 25.2. The molecule has 1 saturated heterocycles. The van der Waals surface area contributed by atoms with Crippen molar-refractivity contribution in [2.45, 2.75) is 6.04 Å². The number of methoxy groups -OCH3 is 1. The molecule has 0 aromatic heterocycles. The summed E-state index contributed by atoms with van der Waals surface area (Å²) in [6.07, 6.45) is 0. The molecule has 1 fully saturated rings. The van der Waals surface area contributed by atoms with E-state index < -0.39 is 12.0 Å². The number of carbonyl (C=O) groups excluding carboxylic acids is 1. The van der Waals surface area contributed by atoms with Crippen LogP contribution in [-0.4, -0.2) is 53.1 Å². The Kier molecular flexibility index (Phi) is 4.77. The van der Waals surface area contributed by atoms with Gasteiger partial charge in [-0.15, -0.1) is 0 Å². The van der Waals surface area contributed by atoms with E-state index in [1.54, 1.807) is 18.2 Å². The Morgan fingerprint density at radius 1 is 1.50 bits per heavy atom. The van der Waals surface area contributed by atoms with E-state index in [4.69, 9.17) is 16.3 Å². The largest absolute Gasteiger partial charge is 0.496 e. The molecule has 0 bridgehead atoms. The summed E-state index contributed by atoms with van der Waals surface area (Å²) >= 11 is 7.40. The second kappa shape index (κ2) is 6.37. The molecule has 5 nitrogen and oxygen atoms in total. The predicted molar refractivity (Wildman–Crippen MR) is 77.8 cm³/mol. The second-order valence-corrected chi connectivity index (χ2v) is 5.86. The van der Waals surface area contributed by atoms with Gasteiger partial charge in [0.15, 0.2) is 0 Å². The smallest absolute Gasteiger partial charge is 0.327 e. The lowest BCUT2D eigenvalue weighted by atomic mass is 10.1. The van der Waals surface area contributed by atoms with Crippen molar-refractivity contribution in [3.63, 3.8) is 0 Å². The minimum atomic E-state index is -0.988. The molecule has 1 aliphatic rings. The van der Waals surface area contributed by atoms with Gasteiger partial charge in [0.25, 0.3) is 5.91 Å². The van der Waals surface area contributed by atoms with Gasteiger partial charge >= 0.3 is 5.97 Å². The first-order chi connectivity index (χ1) is 9.54. The first-order valence-corrected chi connectivity index (χ1v) is 7.53. The lowest BCUT2D eigenvalue weighted by molar-refractivity contribution is -0.141. The van der Waals surface area contributed by atoms with E-state index in [2.05, 4.69) is 0 Å². The van der Waals surface area contributed by atoms with Crippen LogP contribution in [0, 0.1) is 0 Å². The van der Waals surface area contributed by atoms with Crippen molar-refractivity contribution in [2.24, 2.45) is 0 Å². The predicted octanol–water partition coefficient (Wildman–Crippen LogP) is 1.99. The maximum atomic E-state index is 12.5. The summed E-state index contributed by atoms with van der Waals surface area (Å²) in [5.74, 6) is 0.150. The van der Waals surface area contributed by atoms with E-state index in [1.807, 2.05) is 0 Å². The average molecular weight is 316 g/mol. The molecule has 20 heavy (non-hydrogen) atoms. The van der Waals surface area contributed by atoms with Crippen LogP contribution >= 0.6 is 23.4 Å². The van der Waals surface area contributed by atoms with Gasteiger partial charge in [0, 0.05) is 23.1 Å². The third-order valence-electron chi connectivity index (χ3n) is 3.07. The van der Waals surface area contributed by atoms with Crippen molar-refractivity contribution >= 4 is 35.2 Å². The number of carbonyl (C=O) groups is 2. The van der Waals surface area contributed by atoms with E-state index in [1.165, 1.54) is 23.8 Å². The van der Waals surface area contributed by atoms with Gasteiger partial charge in [-0.05, 0) is 18.2 Å². The molecular weight excluding hydrogens is 302 g/mol. The van der Waals surface area contributed by atoms with E-state index in [0.717, 1.165) is 5.75 Å². The highest BCUT2D eigenvalue weighted by Gasteiger charge is 2.33. The molecule has 7 heteroatoms. The summed E-state index contributed by atoms with van der Waals surface area (Å²) < 4.78 is 5.15. The molecule has 1 N–H and O–H groups in total. The molecule has 1 aromatic rings. The zero-order valence-electron chi connectivity index (χ0n) is 10.8. The average Bonchev–Trinajstić information content (AvgIpc) is 2.46. The third-order valence-corrected chi connectivity index (χ3v) is 4.33.